The maximum Gasteiger partial charge on any atom is 0.236 e. The lowest BCUT2D eigenvalue weighted by molar-refractivity contribution is -0.132. The second kappa shape index (κ2) is 6.49. The van der Waals surface area contributed by atoms with Gasteiger partial charge in [0.1, 0.15) is 11.7 Å². The summed E-state index contributed by atoms with van der Waals surface area (Å²) in [6.45, 7) is 5.88. The van der Waals surface area contributed by atoms with Gasteiger partial charge in [-0.2, -0.15) is 0 Å². The molecule has 0 spiro atoms. The Labute approximate surface area is 172 Å². The third-order valence-corrected chi connectivity index (χ3v) is 5.84. The molecule has 0 aliphatic carbocycles. The Morgan fingerprint density at radius 2 is 2.04 bits per heavy atom. The van der Waals surface area contributed by atoms with E-state index in [0.717, 1.165) is 32.6 Å². The van der Waals surface area contributed by atoms with Crippen molar-refractivity contribution in [2.45, 2.75) is 32.5 Å². The van der Waals surface area contributed by atoms with Crippen LogP contribution in [0.3, 0.4) is 0 Å². The van der Waals surface area contributed by atoms with Gasteiger partial charge < -0.3 is 20.7 Å². The van der Waals surface area contributed by atoms with Crippen molar-refractivity contribution in [1.82, 2.24) is 10.6 Å². The number of amides is 1. The van der Waals surface area contributed by atoms with Gasteiger partial charge >= 0.3 is 0 Å². The van der Waals surface area contributed by atoms with Crippen LogP contribution in [0.1, 0.15) is 29.7 Å². The van der Waals surface area contributed by atoms with E-state index in [4.69, 9.17) is 17.0 Å². The van der Waals surface area contributed by atoms with Crippen molar-refractivity contribution < 1.29 is 9.53 Å². The SMILES string of the molecule is Cc1ccc(NC(=O)[C@H]2[C@H]3NC(=S)N[C@@]2(C)Oc2ccc(Br)cc23)c(C)c1. The number of carbonyl (C=O) groups is 1. The Kier molecular flexibility index (Phi) is 4.39. The minimum absolute atomic E-state index is 0.123. The second-order valence-electron chi connectivity index (χ2n) is 7.25. The first-order chi connectivity index (χ1) is 12.8. The molecule has 0 saturated carbocycles. The van der Waals surface area contributed by atoms with Crippen LogP contribution in [-0.4, -0.2) is 16.7 Å². The van der Waals surface area contributed by atoms with E-state index in [0.29, 0.717) is 5.11 Å². The highest BCUT2D eigenvalue weighted by Crippen LogP contribution is 2.46. The molecule has 3 atom stereocenters. The van der Waals surface area contributed by atoms with Gasteiger partial charge in [-0.3, -0.25) is 4.79 Å². The average Bonchev–Trinajstić information content (AvgIpc) is 2.57. The Balaban J connectivity index is 1.73. The molecule has 2 aromatic carbocycles. The smallest absolute Gasteiger partial charge is 0.236 e. The lowest BCUT2D eigenvalue weighted by Crippen LogP contribution is -2.70. The number of hydrogen-bond donors (Lipinski definition) is 3. The summed E-state index contributed by atoms with van der Waals surface area (Å²) >= 11 is 8.86. The van der Waals surface area contributed by atoms with E-state index >= 15 is 0 Å². The molecule has 2 bridgehead atoms. The van der Waals surface area contributed by atoms with Crippen LogP contribution < -0.4 is 20.7 Å². The molecule has 1 saturated heterocycles. The Hall–Kier alpha value is -2.12. The van der Waals surface area contributed by atoms with Crippen molar-refractivity contribution >= 4 is 44.9 Å². The van der Waals surface area contributed by atoms with Crippen LogP contribution in [0.4, 0.5) is 5.69 Å². The zero-order chi connectivity index (χ0) is 19.3. The van der Waals surface area contributed by atoms with Gasteiger partial charge in [0.15, 0.2) is 10.8 Å². The quantitative estimate of drug-likeness (QED) is 0.610. The predicted molar refractivity (Wildman–Crippen MR) is 113 cm³/mol. The lowest BCUT2D eigenvalue weighted by atomic mass is 9.80. The molecule has 5 nitrogen and oxygen atoms in total. The molecule has 3 N–H and O–H groups in total. The average molecular weight is 446 g/mol. The molecule has 2 aliphatic rings. The van der Waals surface area contributed by atoms with Gasteiger partial charge in [-0.15, -0.1) is 0 Å². The predicted octanol–water partition coefficient (Wildman–Crippen LogP) is 3.95. The number of halogens is 1. The third-order valence-electron chi connectivity index (χ3n) is 5.13. The number of thiocarbonyl (C=S) groups is 1. The molecule has 2 heterocycles. The van der Waals surface area contributed by atoms with Gasteiger partial charge in [-0.05, 0) is 62.8 Å². The Morgan fingerprint density at radius 1 is 1.26 bits per heavy atom. The van der Waals surface area contributed by atoms with Crippen LogP contribution in [0.15, 0.2) is 40.9 Å². The van der Waals surface area contributed by atoms with Gasteiger partial charge in [0.25, 0.3) is 0 Å². The summed E-state index contributed by atoms with van der Waals surface area (Å²) in [6.07, 6.45) is 0. The van der Waals surface area contributed by atoms with Crippen molar-refractivity contribution in [2.24, 2.45) is 5.92 Å². The molecule has 27 heavy (non-hydrogen) atoms. The van der Waals surface area contributed by atoms with Crippen LogP contribution >= 0.6 is 28.1 Å². The number of anilines is 1. The van der Waals surface area contributed by atoms with Gasteiger partial charge in [0, 0.05) is 15.7 Å². The fourth-order valence-electron chi connectivity index (χ4n) is 3.88. The van der Waals surface area contributed by atoms with Crippen LogP contribution in [0, 0.1) is 19.8 Å². The van der Waals surface area contributed by atoms with Crippen molar-refractivity contribution in [3.05, 3.63) is 57.6 Å². The number of aryl methyl sites for hydroxylation is 2. The number of nitrogens with one attached hydrogen (secondary N) is 3. The molecular weight excluding hydrogens is 426 g/mol. The van der Waals surface area contributed by atoms with Crippen LogP contribution in [0.2, 0.25) is 0 Å². The molecule has 4 rings (SSSR count). The van der Waals surface area contributed by atoms with Crippen molar-refractivity contribution in [3.63, 3.8) is 0 Å². The summed E-state index contributed by atoms with van der Waals surface area (Å²) < 4.78 is 7.14. The van der Waals surface area contributed by atoms with E-state index in [1.807, 2.05) is 57.2 Å². The van der Waals surface area contributed by atoms with Gasteiger partial charge in [-0.25, -0.2) is 0 Å². The number of benzene rings is 2. The fraction of sp³-hybridized carbons (Fsp3) is 0.300. The van der Waals surface area contributed by atoms with E-state index in [1.54, 1.807) is 0 Å². The summed E-state index contributed by atoms with van der Waals surface area (Å²) in [4.78, 5) is 13.3. The Morgan fingerprint density at radius 3 is 2.78 bits per heavy atom. The minimum Gasteiger partial charge on any atom is -0.467 e. The summed E-state index contributed by atoms with van der Waals surface area (Å²) in [5.41, 5.74) is 2.95. The minimum atomic E-state index is -0.934. The van der Waals surface area contributed by atoms with Crippen LogP contribution in [0.25, 0.3) is 0 Å². The first-order valence-corrected chi connectivity index (χ1v) is 9.92. The molecule has 7 heteroatoms. The van der Waals surface area contributed by atoms with E-state index in [-0.39, 0.29) is 11.9 Å². The highest BCUT2D eigenvalue weighted by molar-refractivity contribution is 9.10. The summed E-state index contributed by atoms with van der Waals surface area (Å²) in [5.74, 6) is 0.109. The number of rotatable bonds is 2. The Bertz CT molecular complexity index is 964. The topological polar surface area (TPSA) is 62.4 Å². The van der Waals surface area contributed by atoms with Crippen molar-refractivity contribution in [2.75, 3.05) is 5.32 Å². The lowest BCUT2D eigenvalue weighted by Gasteiger charge is -2.50. The first-order valence-electron chi connectivity index (χ1n) is 8.72. The van der Waals surface area contributed by atoms with Crippen LogP contribution in [-0.2, 0) is 4.79 Å². The van der Waals surface area contributed by atoms with E-state index in [9.17, 15) is 4.79 Å². The van der Waals surface area contributed by atoms with Crippen molar-refractivity contribution in [1.29, 1.82) is 0 Å². The highest BCUT2D eigenvalue weighted by atomic mass is 79.9. The van der Waals surface area contributed by atoms with E-state index < -0.39 is 11.6 Å². The molecule has 1 fully saturated rings. The van der Waals surface area contributed by atoms with Gasteiger partial charge in [-0.1, -0.05) is 33.6 Å². The van der Waals surface area contributed by atoms with Crippen molar-refractivity contribution in [3.8, 4) is 5.75 Å². The molecule has 0 unspecified atom stereocenters. The largest absolute Gasteiger partial charge is 0.467 e. The number of ether oxygens (including phenoxy) is 1. The fourth-order valence-corrected chi connectivity index (χ4v) is 4.59. The van der Waals surface area contributed by atoms with Gasteiger partial charge in [0.05, 0.1) is 6.04 Å². The zero-order valence-electron chi connectivity index (χ0n) is 15.2. The van der Waals surface area contributed by atoms with E-state index in [1.165, 1.54) is 0 Å². The standard InChI is InChI=1S/C20H20BrN3O2S/c1-10-4-6-14(11(2)8-10)22-18(25)16-17-13-9-12(21)5-7-15(13)26-20(16,3)24-19(27)23-17/h4-9,16-17H,1-3H3,(H,22,25)(H2,23,24,27)/t16-,17+,20+/m1/s1. The third kappa shape index (κ3) is 3.19. The summed E-state index contributed by atoms with van der Waals surface area (Å²) in [5, 5.41) is 9.94. The maximum absolute atomic E-state index is 13.3. The molecule has 2 aromatic rings. The maximum atomic E-state index is 13.3. The number of carbonyl (C=O) groups excluding carboxylic acids is 1. The highest BCUT2D eigenvalue weighted by Gasteiger charge is 2.54. The molecular formula is C20H20BrN3O2S. The van der Waals surface area contributed by atoms with Crippen LogP contribution in [0.5, 0.6) is 5.75 Å². The number of hydrogen-bond acceptors (Lipinski definition) is 3. The van der Waals surface area contributed by atoms with Gasteiger partial charge in [0.2, 0.25) is 5.91 Å². The molecule has 140 valence electrons. The first kappa shape index (κ1) is 18.3. The molecule has 0 aromatic heterocycles. The van der Waals surface area contributed by atoms with E-state index in [2.05, 4.69) is 31.9 Å². The monoisotopic (exact) mass is 445 g/mol. The molecule has 0 radical (unpaired) electrons. The summed E-state index contributed by atoms with van der Waals surface area (Å²) in [7, 11) is 0. The number of fused-ring (bicyclic) bond motifs is 4. The second-order valence-corrected chi connectivity index (χ2v) is 8.58. The molecule has 2 aliphatic heterocycles. The zero-order valence-corrected chi connectivity index (χ0v) is 17.6. The normalized spacial score (nSPS) is 25.6. The summed E-state index contributed by atoms with van der Waals surface area (Å²) in [6, 6.07) is 11.5. The molecule has 1 amide bonds.